The standard InChI is InChI=1S/C37H41N3O7S/c1-27(2)24-38-37(42)33(22-28-11-6-4-7-12-28)39(25-29-13-10-14-31(21-29)45-3)36(41)26-40(48(43,44)32-15-8-5-9-16-32)30-17-18-34-35(23-30)47-20-19-46-34/h4-18,21,23,27,33H,19-20,22,24-26H2,1-3H3,(H,38,42)/t33-/m1/s1. The number of hydrogen-bond donors (Lipinski definition) is 1. The highest BCUT2D eigenvalue weighted by Crippen LogP contribution is 2.36. The molecule has 1 atom stereocenters. The number of sulfonamides is 1. The fourth-order valence-electron chi connectivity index (χ4n) is 5.38. The molecule has 2 amide bonds. The molecule has 0 unspecified atom stereocenters. The molecule has 11 heteroatoms. The molecule has 0 saturated carbocycles. The molecule has 0 radical (unpaired) electrons. The number of ether oxygens (including phenoxy) is 3. The molecule has 0 bridgehead atoms. The predicted octanol–water partition coefficient (Wildman–Crippen LogP) is 5.07. The minimum atomic E-state index is -4.25. The summed E-state index contributed by atoms with van der Waals surface area (Å²) in [5.41, 5.74) is 1.79. The van der Waals surface area contributed by atoms with E-state index in [4.69, 9.17) is 14.2 Å². The second-order valence-electron chi connectivity index (χ2n) is 11.9. The molecule has 0 saturated heterocycles. The van der Waals surface area contributed by atoms with E-state index >= 15 is 0 Å². The number of anilines is 1. The van der Waals surface area contributed by atoms with E-state index in [9.17, 15) is 18.0 Å². The Balaban J connectivity index is 1.58. The Morgan fingerprint density at radius 3 is 2.19 bits per heavy atom. The van der Waals surface area contributed by atoms with Crippen molar-refractivity contribution < 1.29 is 32.2 Å². The minimum absolute atomic E-state index is 0.0162. The van der Waals surface area contributed by atoms with Gasteiger partial charge in [-0.2, -0.15) is 0 Å². The average molecular weight is 672 g/mol. The van der Waals surface area contributed by atoms with Crippen molar-refractivity contribution in [1.29, 1.82) is 0 Å². The SMILES string of the molecule is COc1cccc(CN(C(=O)CN(c2ccc3c(c2)OCCO3)S(=O)(=O)c2ccccc2)[C@H](Cc2ccccc2)C(=O)NCC(C)C)c1. The maximum absolute atomic E-state index is 14.7. The molecule has 0 fully saturated rings. The molecule has 48 heavy (non-hydrogen) atoms. The van der Waals surface area contributed by atoms with E-state index in [0.29, 0.717) is 42.6 Å². The Labute approximate surface area is 282 Å². The van der Waals surface area contributed by atoms with Crippen LogP contribution in [-0.2, 0) is 32.6 Å². The molecule has 1 N–H and O–H groups in total. The number of methoxy groups -OCH3 is 1. The lowest BCUT2D eigenvalue weighted by Gasteiger charge is -2.34. The van der Waals surface area contributed by atoms with Gasteiger partial charge in [0, 0.05) is 25.6 Å². The van der Waals surface area contributed by atoms with Gasteiger partial charge in [-0.25, -0.2) is 8.42 Å². The minimum Gasteiger partial charge on any atom is -0.497 e. The van der Waals surface area contributed by atoms with Gasteiger partial charge in [0.1, 0.15) is 31.5 Å². The zero-order valence-electron chi connectivity index (χ0n) is 27.4. The van der Waals surface area contributed by atoms with E-state index in [1.54, 1.807) is 55.6 Å². The summed E-state index contributed by atoms with van der Waals surface area (Å²) in [6.45, 7) is 4.53. The lowest BCUT2D eigenvalue weighted by molar-refractivity contribution is -0.140. The van der Waals surface area contributed by atoms with Crippen molar-refractivity contribution in [2.24, 2.45) is 5.92 Å². The van der Waals surface area contributed by atoms with Crippen LogP contribution in [0.2, 0.25) is 0 Å². The van der Waals surface area contributed by atoms with Crippen LogP contribution in [0, 0.1) is 5.92 Å². The van der Waals surface area contributed by atoms with Crippen molar-refractivity contribution in [2.45, 2.75) is 37.8 Å². The smallest absolute Gasteiger partial charge is 0.264 e. The van der Waals surface area contributed by atoms with Gasteiger partial charge in [0.15, 0.2) is 11.5 Å². The lowest BCUT2D eigenvalue weighted by Crippen LogP contribution is -2.53. The molecule has 10 nitrogen and oxygen atoms in total. The fourth-order valence-corrected chi connectivity index (χ4v) is 6.81. The summed E-state index contributed by atoms with van der Waals surface area (Å²) < 4.78 is 46.4. The molecule has 0 spiro atoms. The topological polar surface area (TPSA) is 114 Å². The quantitative estimate of drug-likeness (QED) is 0.199. The van der Waals surface area contributed by atoms with Gasteiger partial charge in [-0.1, -0.05) is 74.5 Å². The molecule has 1 aliphatic heterocycles. The number of carbonyl (C=O) groups excluding carboxylic acids is 2. The van der Waals surface area contributed by atoms with Gasteiger partial charge in [-0.05, 0) is 53.4 Å². The van der Waals surface area contributed by atoms with Gasteiger partial charge in [0.25, 0.3) is 10.0 Å². The van der Waals surface area contributed by atoms with Gasteiger partial charge in [0.2, 0.25) is 11.8 Å². The molecule has 0 aliphatic carbocycles. The molecule has 4 aromatic rings. The second-order valence-corrected chi connectivity index (χ2v) is 13.7. The molecule has 1 heterocycles. The number of carbonyl (C=O) groups is 2. The number of fused-ring (bicyclic) bond motifs is 1. The average Bonchev–Trinajstić information content (AvgIpc) is 3.11. The largest absolute Gasteiger partial charge is 0.497 e. The highest BCUT2D eigenvalue weighted by atomic mass is 32.2. The number of nitrogens with one attached hydrogen (secondary N) is 1. The fraction of sp³-hybridized carbons (Fsp3) is 0.297. The summed E-state index contributed by atoms with van der Waals surface area (Å²) in [4.78, 5) is 30.1. The molecule has 4 aromatic carbocycles. The molecular formula is C37H41N3O7S. The molecule has 0 aromatic heterocycles. The number of nitrogens with zero attached hydrogens (tertiary/aromatic N) is 2. The van der Waals surface area contributed by atoms with E-state index in [2.05, 4.69) is 5.32 Å². The highest BCUT2D eigenvalue weighted by molar-refractivity contribution is 7.92. The molecule has 1 aliphatic rings. The number of hydrogen-bond acceptors (Lipinski definition) is 7. The van der Waals surface area contributed by atoms with Crippen LogP contribution in [0.4, 0.5) is 5.69 Å². The number of amides is 2. The van der Waals surface area contributed by atoms with Crippen LogP contribution in [0.5, 0.6) is 17.2 Å². The van der Waals surface area contributed by atoms with Crippen LogP contribution in [-0.4, -0.2) is 64.6 Å². The van der Waals surface area contributed by atoms with E-state index < -0.39 is 28.5 Å². The van der Waals surface area contributed by atoms with Crippen molar-refractivity contribution in [3.05, 3.63) is 114 Å². The van der Waals surface area contributed by atoms with Crippen LogP contribution in [0.15, 0.2) is 108 Å². The monoisotopic (exact) mass is 671 g/mol. The lowest BCUT2D eigenvalue weighted by atomic mass is 10.0. The number of rotatable bonds is 14. The Hall–Kier alpha value is -5.03. The van der Waals surface area contributed by atoms with Gasteiger partial charge in [-0.15, -0.1) is 0 Å². The first kappa shape index (κ1) is 34.3. The van der Waals surface area contributed by atoms with Crippen molar-refractivity contribution in [3.63, 3.8) is 0 Å². The third kappa shape index (κ3) is 8.46. The van der Waals surface area contributed by atoms with Crippen molar-refractivity contribution in [1.82, 2.24) is 10.2 Å². The summed E-state index contributed by atoms with van der Waals surface area (Å²) in [5, 5.41) is 3.00. The summed E-state index contributed by atoms with van der Waals surface area (Å²) in [7, 11) is -2.70. The molecule has 252 valence electrons. The Morgan fingerprint density at radius 2 is 1.50 bits per heavy atom. The highest BCUT2D eigenvalue weighted by Gasteiger charge is 2.35. The maximum atomic E-state index is 14.7. The van der Waals surface area contributed by atoms with Crippen LogP contribution < -0.4 is 23.8 Å². The Kier molecular flexibility index (Phi) is 11.2. The normalized spacial score (nSPS) is 13.0. The summed E-state index contributed by atoms with van der Waals surface area (Å²) in [5.74, 6) is 0.734. The number of benzene rings is 4. The van der Waals surface area contributed by atoms with Crippen molar-refractivity contribution in [2.75, 3.05) is 37.7 Å². The van der Waals surface area contributed by atoms with Gasteiger partial charge in [-0.3, -0.25) is 13.9 Å². The first-order valence-corrected chi connectivity index (χ1v) is 17.3. The Morgan fingerprint density at radius 1 is 0.833 bits per heavy atom. The van der Waals surface area contributed by atoms with E-state index in [1.807, 2.05) is 56.3 Å². The summed E-state index contributed by atoms with van der Waals surface area (Å²) in [6, 6.07) is 28.4. The third-order valence-corrected chi connectivity index (χ3v) is 9.65. The van der Waals surface area contributed by atoms with Crippen LogP contribution in [0.3, 0.4) is 0 Å². The Bertz CT molecular complexity index is 1800. The first-order chi connectivity index (χ1) is 23.2. The summed E-state index contributed by atoms with van der Waals surface area (Å²) in [6.07, 6.45) is 0.218. The van der Waals surface area contributed by atoms with E-state index in [1.165, 1.54) is 17.0 Å². The van der Waals surface area contributed by atoms with Crippen molar-refractivity contribution in [3.8, 4) is 17.2 Å². The molecule has 5 rings (SSSR count). The third-order valence-electron chi connectivity index (χ3n) is 7.87. The molecular weight excluding hydrogens is 630 g/mol. The van der Waals surface area contributed by atoms with Crippen LogP contribution in [0.1, 0.15) is 25.0 Å². The van der Waals surface area contributed by atoms with Crippen LogP contribution in [0.25, 0.3) is 0 Å². The van der Waals surface area contributed by atoms with Gasteiger partial charge in [0.05, 0.1) is 17.7 Å². The predicted molar refractivity (Wildman–Crippen MR) is 184 cm³/mol. The first-order valence-electron chi connectivity index (χ1n) is 15.9. The zero-order valence-corrected chi connectivity index (χ0v) is 28.2. The van der Waals surface area contributed by atoms with Gasteiger partial charge >= 0.3 is 0 Å². The summed E-state index contributed by atoms with van der Waals surface area (Å²) >= 11 is 0. The van der Waals surface area contributed by atoms with E-state index in [0.717, 1.165) is 9.87 Å². The second kappa shape index (κ2) is 15.7. The maximum Gasteiger partial charge on any atom is 0.264 e. The van der Waals surface area contributed by atoms with Crippen LogP contribution >= 0.6 is 0 Å². The van der Waals surface area contributed by atoms with Gasteiger partial charge < -0.3 is 24.4 Å². The zero-order chi connectivity index (χ0) is 34.1. The van der Waals surface area contributed by atoms with Crippen molar-refractivity contribution >= 4 is 27.5 Å². The van der Waals surface area contributed by atoms with E-state index in [-0.39, 0.29) is 35.4 Å².